The van der Waals surface area contributed by atoms with E-state index in [1.807, 2.05) is 24.3 Å². The molecule has 0 bridgehead atoms. The summed E-state index contributed by atoms with van der Waals surface area (Å²) in [6.45, 7) is 5.60. The van der Waals surface area contributed by atoms with E-state index in [1.54, 1.807) is 20.8 Å². The van der Waals surface area contributed by atoms with Crippen LogP contribution in [0.5, 0.6) is 0 Å². The van der Waals surface area contributed by atoms with Gasteiger partial charge in [-0.3, -0.25) is 0 Å². The topological polar surface area (TPSA) is 46.2 Å². The van der Waals surface area contributed by atoms with Crippen LogP contribution in [0.2, 0.25) is 0 Å². The highest BCUT2D eigenvalue weighted by atomic mass is 79.9. The Kier molecular flexibility index (Phi) is 4.61. The summed E-state index contributed by atoms with van der Waals surface area (Å²) in [7, 11) is -3.05. The van der Waals surface area contributed by atoms with Gasteiger partial charge in [0.2, 0.25) is 0 Å². The molecule has 3 nitrogen and oxygen atoms in total. The molecule has 0 saturated carbocycles. The van der Waals surface area contributed by atoms with E-state index in [0.717, 1.165) is 10.2 Å². The Balaban J connectivity index is 2.52. The monoisotopic (exact) mass is 319 g/mol. The van der Waals surface area contributed by atoms with Crippen LogP contribution in [0.4, 0.5) is 5.69 Å². The van der Waals surface area contributed by atoms with Gasteiger partial charge in [-0.2, -0.15) is 0 Å². The van der Waals surface area contributed by atoms with Crippen molar-refractivity contribution in [2.75, 3.05) is 17.6 Å². The van der Waals surface area contributed by atoms with Crippen LogP contribution in [0, 0.1) is 0 Å². The van der Waals surface area contributed by atoms with E-state index in [9.17, 15) is 8.42 Å². The molecule has 0 aliphatic heterocycles. The van der Waals surface area contributed by atoms with Crippen LogP contribution in [-0.2, 0) is 9.84 Å². The van der Waals surface area contributed by atoms with Gasteiger partial charge in [0.05, 0.1) is 10.5 Å². The fraction of sp³-hybridized carbons (Fsp3) is 0.500. The normalized spacial score (nSPS) is 12.5. The average Bonchev–Trinajstić information content (AvgIpc) is 2.19. The van der Waals surface area contributed by atoms with Crippen molar-refractivity contribution < 1.29 is 8.42 Å². The molecular weight excluding hydrogens is 302 g/mol. The number of hydrogen-bond acceptors (Lipinski definition) is 3. The largest absolute Gasteiger partial charge is 0.384 e. The van der Waals surface area contributed by atoms with Crippen LogP contribution >= 0.6 is 15.9 Å². The SMILES string of the molecule is CC(C)(C)S(=O)(=O)CCNc1ccc(Br)cc1. The molecule has 0 fully saturated rings. The quantitative estimate of drug-likeness (QED) is 0.927. The first-order chi connectivity index (χ1) is 7.72. The number of rotatable bonds is 4. The number of benzene rings is 1. The van der Waals surface area contributed by atoms with E-state index in [4.69, 9.17) is 0 Å². The number of anilines is 1. The van der Waals surface area contributed by atoms with Gasteiger partial charge in [-0.1, -0.05) is 15.9 Å². The zero-order valence-corrected chi connectivity index (χ0v) is 12.7. The lowest BCUT2D eigenvalue weighted by molar-refractivity contribution is 0.560. The minimum absolute atomic E-state index is 0.145. The summed E-state index contributed by atoms with van der Waals surface area (Å²) < 4.78 is 24.0. The van der Waals surface area contributed by atoms with Crippen molar-refractivity contribution in [1.82, 2.24) is 0 Å². The fourth-order valence-corrected chi connectivity index (χ4v) is 2.45. The van der Waals surface area contributed by atoms with E-state index in [1.165, 1.54) is 0 Å². The Morgan fingerprint density at radius 1 is 1.18 bits per heavy atom. The number of nitrogens with one attached hydrogen (secondary N) is 1. The predicted molar refractivity (Wildman–Crippen MR) is 76.2 cm³/mol. The molecule has 0 heterocycles. The number of sulfone groups is 1. The van der Waals surface area contributed by atoms with Crippen molar-refractivity contribution in [2.45, 2.75) is 25.5 Å². The first-order valence-corrected chi connectivity index (χ1v) is 7.89. The average molecular weight is 320 g/mol. The molecule has 1 aromatic rings. The molecular formula is C12H18BrNO2S. The molecule has 0 aliphatic rings. The second-order valence-corrected chi connectivity index (χ2v) is 8.64. The van der Waals surface area contributed by atoms with Crippen molar-refractivity contribution in [3.63, 3.8) is 0 Å². The van der Waals surface area contributed by atoms with E-state index in [0.29, 0.717) is 6.54 Å². The third kappa shape index (κ3) is 4.32. The molecule has 1 N–H and O–H groups in total. The summed E-state index contributed by atoms with van der Waals surface area (Å²) in [4.78, 5) is 0. The van der Waals surface area contributed by atoms with Gasteiger partial charge in [0, 0.05) is 16.7 Å². The summed E-state index contributed by atoms with van der Waals surface area (Å²) in [6.07, 6.45) is 0. The summed E-state index contributed by atoms with van der Waals surface area (Å²) in [5.74, 6) is 0.145. The van der Waals surface area contributed by atoms with Crippen molar-refractivity contribution >= 4 is 31.5 Å². The fourth-order valence-electron chi connectivity index (χ4n) is 1.20. The predicted octanol–water partition coefficient (Wildman–Crippen LogP) is 3.07. The first-order valence-electron chi connectivity index (χ1n) is 5.44. The molecule has 0 amide bonds. The molecule has 0 aliphatic carbocycles. The van der Waals surface area contributed by atoms with E-state index in [-0.39, 0.29) is 5.75 Å². The zero-order valence-electron chi connectivity index (χ0n) is 10.3. The summed E-state index contributed by atoms with van der Waals surface area (Å²) in [5, 5.41) is 3.10. The van der Waals surface area contributed by atoms with Crippen molar-refractivity contribution in [1.29, 1.82) is 0 Å². The highest BCUT2D eigenvalue weighted by molar-refractivity contribution is 9.10. The molecule has 0 spiro atoms. The van der Waals surface area contributed by atoms with Gasteiger partial charge in [0.25, 0.3) is 0 Å². The van der Waals surface area contributed by atoms with E-state index in [2.05, 4.69) is 21.2 Å². The maximum atomic E-state index is 11.8. The van der Waals surface area contributed by atoms with E-state index >= 15 is 0 Å². The van der Waals surface area contributed by atoms with Crippen LogP contribution in [0.25, 0.3) is 0 Å². The van der Waals surface area contributed by atoms with Gasteiger partial charge >= 0.3 is 0 Å². The van der Waals surface area contributed by atoms with Gasteiger partial charge in [-0.25, -0.2) is 8.42 Å². The Morgan fingerprint density at radius 2 is 1.71 bits per heavy atom. The third-order valence-electron chi connectivity index (χ3n) is 2.48. The zero-order chi connectivity index (χ0) is 13.1. The van der Waals surface area contributed by atoms with Gasteiger partial charge in [0.1, 0.15) is 0 Å². The van der Waals surface area contributed by atoms with Crippen LogP contribution in [0.15, 0.2) is 28.7 Å². The lowest BCUT2D eigenvalue weighted by Crippen LogP contribution is -2.32. The second-order valence-electron chi connectivity index (χ2n) is 4.86. The molecule has 17 heavy (non-hydrogen) atoms. The molecule has 0 atom stereocenters. The van der Waals surface area contributed by atoms with Crippen molar-refractivity contribution in [3.05, 3.63) is 28.7 Å². The highest BCUT2D eigenvalue weighted by Crippen LogP contribution is 2.17. The first kappa shape index (κ1) is 14.5. The lowest BCUT2D eigenvalue weighted by Gasteiger charge is -2.19. The van der Waals surface area contributed by atoms with Gasteiger partial charge < -0.3 is 5.32 Å². The second kappa shape index (κ2) is 5.40. The summed E-state index contributed by atoms with van der Waals surface area (Å²) in [5.41, 5.74) is 0.928. The third-order valence-corrected chi connectivity index (χ3v) is 5.61. The smallest absolute Gasteiger partial charge is 0.156 e. The summed E-state index contributed by atoms with van der Waals surface area (Å²) in [6, 6.07) is 7.66. The molecule has 0 aromatic heterocycles. The van der Waals surface area contributed by atoms with Crippen LogP contribution < -0.4 is 5.32 Å². The Bertz CT molecular complexity index is 460. The van der Waals surface area contributed by atoms with Gasteiger partial charge in [-0.15, -0.1) is 0 Å². The van der Waals surface area contributed by atoms with Gasteiger partial charge in [-0.05, 0) is 45.0 Å². The lowest BCUT2D eigenvalue weighted by atomic mass is 10.3. The van der Waals surface area contributed by atoms with Crippen molar-refractivity contribution in [2.24, 2.45) is 0 Å². The minimum Gasteiger partial charge on any atom is -0.384 e. The van der Waals surface area contributed by atoms with Crippen LogP contribution in [0.1, 0.15) is 20.8 Å². The van der Waals surface area contributed by atoms with Crippen LogP contribution in [-0.4, -0.2) is 25.5 Å². The van der Waals surface area contributed by atoms with Crippen molar-refractivity contribution in [3.8, 4) is 0 Å². The molecule has 0 unspecified atom stereocenters. The maximum absolute atomic E-state index is 11.8. The standard InChI is InChI=1S/C12H18BrNO2S/c1-12(2,3)17(15,16)9-8-14-11-6-4-10(13)5-7-11/h4-7,14H,8-9H2,1-3H3. The van der Waals surface area contributed by atoms with Crippen LogP contribution in [0.3, 0.4) is 0 Å². The number of hydrogen-bond donors (Lipinski definition) is 1. The molecule has 96 valence electrons. The number of halogens is 1. The van der Waals surface area contributed by atoms with Gasteiger partial charge in [0.15, 0.2) is 9.84 Å². The molecule has 1 aromatic carbocycles. The molecule has 1 rings (SSSR count). The minimum atomic E-state index is -3.05. The summed E-state index contributed by atoms with van der Waals surface area (Å²) >= 11 is 3.35. The molecule has 0 saturated heterocycles. The highest BCUT2D eigenvalue weighted by Gasteiger charge is 2.28. The Labute approximate surface area is 112 Å². The Morgan fingerprint density at radius 3 is 2.18 bits per heavy atom. The molecule has 0 radical (unpaired) electrons. The molecule has 5 heteroatoms. The Hall–Kier alpha value is -0.550. The van der Waals surface area contributed by atoms with E-state index < -0.39 is 14.6 Å². The maximum Gasteiger partial charge on any atom is 0.156 e.